The third kappa shape index (κ3) is 8.23. The van der Waals surface area contributed by atoms with Gasteiger partial charge in [-0.05, 0) is 12.8 Å². The zero-order chi connectivity index (χ0) is 12.6. The van der Waals surface area contributed by atoms with Gasteiger partial charge >= 0.3 is 17.1 Å². The fourth-order valence-corrected chi connectivity index (χ4v) is 3.10. The summed E-state index contributed by atoms with van der Waals surface area (Å²) < 4.78 is 5.22. The van der Waals surface area contributed by atoms with E-state index >= 15 is 0 Å². The van der Waals surface area contributed by atoms with Gasteiger partial charge in [-0.1, -0.05) is 44.9 Å². The van der Waals surface area contributed by atoms with Gasteiger partial charge in [0, 0.05) is 19.0 Å². The van der Waals surface area contributed by atoms with Gasteiger partial charge in [-0.25, -0.2) is 0 Å². The minimum atomic E-state index is 0. The zero-order valence-corrected chi connectivity index (χ0v) is 15.0. The molecule has 0 bridgehead atoms. The molecule has 0 radical (unpaired) electrons. The summed E-state index contributed by atoms with van der Waals surface area (Å²) in [7, 11) is 0. The zero-order valence-electron chi connectivity index (χ0n) is 13.9. The summed E-state index contributed by atoms with van der Waals surface area (Å²) in [5, 5.41) is 0. The molecule has 3 fully saturated rings. The number of hydrogen-bond acceptors (Lipinski definition) is 2. The van der Waals surface area contributed by atoms with Crippen molar-refractivity contribution in [3.05, 3.63) is 14.9 Å². The first-order valence-corrected chi connectivity index (χ1v) is 7.74. The van der Waals surface area contributed by atoms with Crippen LogP contribution in [-0.2, 0) is 26.6 Å². The van der Waals surface area contributed by atoms with Gasteiger partial charge in [0.05, 0.1) is 13.2 Å². The maximum absolute atomic E-state index is 11.9. The molecule has 3 aliphatic rings. The predicted octanol–water partition coefficient (Wildman–Crippen LogP) is 3.88. The van der Waals surface area contributed by atoms with Crippen LogP contribution in [-0.4, -0.2) is 37.1 Å². The molecule has 0 N–H and O–H groups in total. The Kier molecular flexibility index (Phi) is 15.0. The van der Waals surface area contributed by atoms with Gasteiger partial charge in [-0.2, -0.15) is 0 Å². The smallest absolute Gasteiger partial charge is 0.378 e. The summed E-state index contributed by atoms with van der Waals surface area (Å²) >= 11 is 0. The third-order valence-corrected chi connectivity index (χ3v) is 4.28. The molecule has 21 heavy (non-hydrogen) atoms. The van der Waals surface area contributed by atoms with E-state index in [1.807, 2.05) is 4.90 Å². The van der Waals surface area contributed by atoms with Gasteiger partial charge in [-0.15, -0.1) is 0 Å². The standard InChI is InChI=1S/C10H17NO2.C5H10.2CH3.Fe/c12-10(9-3-1-2-4-9)11-5-7-13-8-6-11;1-2-4-5-3-1;;;/h9H,1-8H2;1-5H2;2*1H3;/q;;2*-1;+2. The number of morpholine rings is 1. The number of nitrogens with zero attached hydrogens (tertiary/aromatic N) is 1. The predicted molar refractivity (Wildman–Crippen MR) is 85.3 cm³/mol. The molecular weight excluding hydrogens is 306 g/mol. The van der Waals surface area contributed by atoms with Crippen molar-refractivity contribution >= 4 is 5.91 Å². The average molecular weight is 339 g/mol. The molecule has 0 aromatic carbocycles. The van der Waals surface area contributed by atoms with Crippen molar-refractivity contribution in [3.63, 3.8) is 0 Å². The van der Waals surface area contributed by atoms with E-state index in [2.05, 4.69) is 0 Å². The molecule has 0 aromatic rings. The van der Waals surface area contributed by atoms with Crippen molar-refractivity contribution in [3.8, 4) is 0 Å². The Labute approximate surface area is 142 Å². The van der Waals surface area contributed by atoms with Gasteiger partial charge in [0.1, 0.15) is 0 Å². The van der Waals surface area contributed by atoms with Crippen LogP contribution in [0.25, 0.3) is 0 Å². The van der Waals surface area contributed by atoms with Crippen LogP contribution in [0.15, 0.2) is 0 Å². The molecule has 0 atom stereocenters. The fourth-order valence-electron chi connectivity index (χ4n) is 3.10. The van der Waals surface area contributed by atoms with Gasteiger partial charge in [-0.3, -0.25) is 4.79 Å². The normalized spacial score (nSPS) is 21.2. The quantitative estimate of drug-likeness (QED) is 0.536. The number of carbonyl (C=O) groups excluding carboxylic acids is 1. The topological polar surface area (TPSA) is 29.5 Å². The number of carbonyl (C=O) groups is 1. The van der Waals surface area contributed by atoms with E-state index < -0.39 is 0 Å². The van der Waals surface area contributed by atoms with E-state index in [4.69, 9.17) is 4.74 Å². The Morgan fingerprint density at radius 2 is 1.24 bits per heavy atom. The SMILES string of the molecule is C1CCCC1.O=C(C1CCCC1)N1CCOCC1.[CH3-].[CH3-].[Fe+2]. The number of rotatable bonds is 1. The van der Waals surface area contributed by atoms with Crippen molar-refractivity contribution in [1.29, 1.82) is 0 Å². The second-order valence-corrected chi connectivity index (χ2v) is 5.69. The summed E-state index contributed by atoms with van der Waals surface area (Å²) in [6, 6.07) is 0. The van der Waals surface area contributed by atoms with Gasteiger partial charge in [0.25, 0.3) is 0 Å². The summed E-state index contributed by atoms with van der Waals surface area (Å²) in [5.74, 6) is 0.707. The molecule has 126 valence electrons. The van der Waals surface area contributed by atoms with Crippen LogP contribution >= 0.6 is 0 Å². The van der Waals surface area contributed by atoms with Crippen LogP contribution in [0.4, 0.5) is 0 Å². The maximum Gasteiger partial charge on any atom is 2.00 e. The molecule has 2 aliphatic carbocycles. The van der Waals surface area contributed by atoms with Crippen molar-refractivity contribution in [2.75, 3.05) is 26.3 Å². The van der Waals surface area contributed by atoms with E-state index in [0.717, 1.165) is 39.1 Å². The summed E-state index contributed by atoms with van der Waals surface area (Å²) in [5.41, 5.74) is 0. The first kappa shape index (κ1) is 23.2. The molecule has 1 heterocycles. The minimum Gasteiger partial charge on any atom is -0.378 e. The molecular formula is C17H33FeNO2. The molecule has 3 rings (SSSR count). The number of ether oxygens (including phenoxy) is 1. The summed E-state index contributed by atoms with van der Waals surface area (Å²) in [4.78, 5) is 13.8. The van der Waals surface area contributed by atoms with E-state index in [-0.39, 0.29) is 31.9 Å². The van der Waals surface area contributed by atoms with Crippen LogP contribution in [0.1, 0.15) is 57.8 Å². The van der Waals surface area contributed by atoms with Crippen molar-refractivity contribution < 1.29 is 26.6 Å². The molecule has 1 amide bonds. The van der Waals surface area contributed by atoms with Crippen molar-refractivity contribution in [2.24, 2.45) is 5.92 Å². The van der Waals surface area contributed by atoms with Crippen LogP contribution in [0.3, 0.4) is 0 Å². The Balaban J connectivity index is 0. The second-order valence-electron chi connectivity index (χ2n) is 5.69. The van der Waals surface area contributed by atoms with E-state index in [1.165, 1.54) is 44.9 Å². The monoisotopic (exact) mass is 339 g/mol. The fraction of sp³-hybridized carbons (Fsp3) is 0.824. The largest absolute Gasteiger partial charge is 2.00 e. The Hall–Kier alpha value is -0.0505. The number of amides is 1. The van der Waals surface area contributed by atoms with Crippen LogP contribution in [0.2, 0.25) is 0 Å². The second kappa shape index (κ2) is 13.6. The van der Waals surface area contributed by atoms with E-state index in [1.54, 1.807) is 0 Å². The van der Waals surface area contributed by atoms with Crippen molar-refractivity contribution in [1.82, 2.24) is 4.90 Å². The van der Waals surface area contributed by atoms with Gasteiger partial charge in [0.2, 0.25) is 5.91 Å². The molecule has 4 heteroatoms. The third-order valence-electron chi connectivity index (χ3n) is 4.28. The first-order chi connectivity index (χ1) is 8.88. The summed E-state index contributed by atoms with van der Waals surface area (Å²) in [6.45, 7) is 3.04. The van der Waals surface area contributed by atoms with Crippen molar-refractivity contribution in [2.45, 2.75) is 57.8 Å². The summed E-state index contributed by atoms with van der Waals surface area (Å²) in [6.07, 6.45) is 12.2. The van der Waals surface area contributed by atoms with Gasteiger partial charge < -0.3 is 24.5 Å². The Morgan fingerprint density at radius 1 is 0.810 bits per heavy atom. The molecule has 2 saturated carbocycles. The molecule has 0 unspecified atom stereocenters. The Morgan fingerprint density at radius 3 is 1.67 bits per heavy atom. The van der Waals surface area contributed by atoms with E-state index in [0.29, 0.717) is 11.8 Å². The molecule has 1 saturated heterocycles. The van der Waals surface area contributed by atoms with Crippen LogP contribution < -0.4 is 0 Å². The van der Waals surface area contributed by atoms with Crippen LogP contribution in [0.5, 0.6) is 0 Å². The van der Waals surface area contributed by atoms with Gasteiger partial charge in [0.15, 0.2) is 0 Å². The van der Waals surface area contributed by atoms with Crippen LogP contribution in [0, 0.1) is 20.8 Å². The average Bonchev–Trinajstić information content (AvgIpc) is 3.14. The van der Waals surface area contributed by atoms with E-state index in [9.17, 15) is 4.79 Å². The first-order valence-electron chi connectivity index (χ1n) is 7.74. The maximum atomic E-state index is 11.9. The molecule has 1 aliphatic heterocycles. The number of hydrogen-bond donors (Lipinski definition) is 0. The molecule has 0 aromatic heterocycles. The Bertz CT molecular complexity index is 238. The molecule has 3 nitrogen and oxygen atoms in total. The molecule has 0 spiro atoms. The minimum absolute atomic E-state index is 0.